The van der Waals surface area contributed by atoms with Gasteiger partial charge in [0, 0.05) is 24.9 Å². The fourth-order valence-corrected chi connectivity index (χ4v) is 2.77. The maximum Gasteiger partial charge on any atom is 0.239 e. The second-order valence-electron chi connectivity index (χ2n) is 5.66. The van der Waals surface area contributed by atoms with Gasteiger partial charge in [0.1, 0.15) is 0 Å². The molecular formula is C17H26N2O3. The largest absolute Gasteiger partial charge is 0.394 e. The molecule has 1 aliphatic heterocycles. The minimum Gasteiger partial charge on any atom is -0.394 e. The van der Waals surface area contributed by atoms with Crippen molar-refractivity contribution >= 4 is 11.6 Å². The average molecular weight is 306 g/mol. The highest BCUT2D eigenvalue weighted by Gasteiger charge is 2.22. The summed E-state index contributed by atoms with van der Waals surface area (Å²) in [4.78, 5) is 14.3. The number of aliphatic hydroxyl groups excluding tert-OH is 1. The fourth-order valence-electron chi connectivity index (χ4n) is 2.77. The van der Waals surface area contributed by atoms with Crippen LogP contribution < -0.4 is 10.2 Å². The van der Waals surface area contributed by atoms with Crippen LogP contribution in [0.2, 0.25) is 0 Å². The van der Waals surface area contributed by atoms with E-state index in [9.17, 15) is 9.90 Å². The van der Waals surface area contributed by atoms with Gasteiger partial charge in [-0.2, -0.15) is 0 Å². The lowest BCUT2D eigenvalue weighted by atomic mass is 10.1. The van der Waals surface area contributed by atoms with E-state index in [-0.39, 0.29) is 31.1 Å². The van der Waals surface area contributed by atoms with E-state index in [0.29, 0.717) is 13.2 Å². The summed E-state index contributed by atoms with van der Waals surface area (Å²) >= 11 is 0. The molecule has 1 saturated heterocycles. The van der Waals surface area contributed by atoms with E-state index in [1.165, 1.54) is 0 Å². The molecule has 0 saturated carbocycles. The van der Waals surface area contributed by atoms with E-state index in [2.05, 4.69) is 5.32 Å². The lowest BCUT2D eigenvalue weighted by Crippen LogP contribution is -2.48. The summed E-state index contributed by atoms with van der Waals surface area (Å²) in [5.74, 6) is 0.00246. The van der Waals surface area contributed by atoms with Crippen LogP contribution in [0, 0.1) is 0 Å². The van der Waals surface area contributed by atoms with Gasteiger partial charge in [0.15, 0.2) is 0 Å². The van der Waals surface area contributed by atoms with Crippen molar-refractivity contribution in [2.75, 3.05) is 31.3 Å². The fraction of sp³-hybridized carbons (Fsp3) is 0.588. The predicted molar refractivity (Wildman–Crippen MR) is 86.9 cm³/mol. The van der Waals surface area contributed by atoms with Crippen LogP contribution in [0.4, 0.5) is 5.69 Å². The number of carbonyl (C=O) groups is 1. The number of hydrogen-bond donors (Lipinski definition) is 2. The Kier molecular flexibility index (Phi) is 6.68. The third-order valence-corrected chi connectivity index (χ3v) is 4.11. The first kappa shape index (κ1) is 16.8. The zero-order chi connectivity index (χ0) is 15.8. The molecule has 0 aromatic heterocycles. The second kappa shape index (κ2) is 8.76. The van der Waals surface area contributed by atoms with Gasteiger partial charge in [-0.15, -0.1) is 0 Å². The van der Waals surface area contributed by atoms with Gasteiger partial charge in [0.05, 0.1) is 19.2 Å². The van der Waals surface area contributed by atoms with E-state index in [1.807, 2.05) is 42.2 Å². The topological polar surface area (TPSA) is 61.8 Å². The number of ether oxygens (including phenoxy) is 1. The van der Waals surface area contributed by atoms with Crippen molar-refractivity contribution in [1.82, 2.24) is 5.32 Å². The normalized spacial score (nSPS) is 17.0. The Morgan fingerprint density at radius 1 is 1.36 bits per heavy atom. The number of nitrogens with one attached hydrogen (secondary N) is 1. The number of benzene rings is 1. The lowest BCUT2D eigenvalue weighted by molar-refractivity contribution is -0.121. The lowest BCUT2D eigenvalue weighted by Gasteiger charge is -2.32. The maximum atomic E-state index is 12.4. The molecule has 2 N–H and O–H groups in total. The quantitative estimate of drug-likeness (QED) is 0.802. The van der Waals surface area contributed by atoms with Crippen LogP contribution in [0.25, 0.3) is 0 Å². The van der Waals surface area contributed by atoms with E-state index in [1.54, 1.807) is 0 Å². The number of rotatable bonds is 7. The Hall–Kier alpha value is -1.59. The third kappa shape index (κ3) is 4.71. The van der Waals surface area contributed by atoms with Gasteiger partial charge in [-0.25, -0.2) is 0 Å². The van der Waals surface area contributed by atoms with E-state index in [0.717, 1.165) is 24.9 Å². The highest BCUT2D eigenvalue weighted by Crippen LogP contribution is 2.18. The minimum atomic E-state index is -0.0529. The highest BCUT2D eigenvalue weighted by atomic mass is 16.5. The summed E-state index contributed by atoms with van der Waals surface area (Å²) in [7, 11) is 0. The second-order valence-corrected chi connectivity index (χ2v) is 5.66. The van der Waals surface area contributed by atoms with Crippen molar-refractivity contribution in [2.45, 2.75) is 38.3 Å². The van der Waals surface area contributed by atoms with Gasteiger partial charge in [0.2, 0.25) is 5.91 Å². The molecule has 22 heavy (non-hydrogen) atoms. The zero-order valence-electron chi connectivity index (χ0n) is 13.2. The number of nitrogens with zero attached hydrogens (tertiary/aromatic N) is 1. The predicted octanol–water partition coefficient (Wildman–Crippen LogP) is 1.56. The van der Waals surface area contributed by atoms with Crippen molar-refractivity contribution in [1.29, 1.82) is 0 Å². The van der Waals surface area contributed by atoms with Crippen molar-refractivity contribution < 1.29 is 14.6 Å². The molecule has 1 atom stereocenters. The van der Waals surface area contributed by atoms with Crippen LogP contribution in [-0.4, -0.2) is 49.5 Å². The molecule has 1 aromatic carbocycles. The molecule has 5 nitrogen and oxygen atoms in total. The van der Waals surface area contributed by atoms with Gasteiger partial charge in [0.25, 0.3) is 0 Å². The summed E-state index contributed by atoms with van der Waals surface area (Å²) in [5, 5.41) is 12.7. The van der Waals surface area contributed by atoms with Crippen molar-refractivity contribution in [2.24, 2.45) is 0 Å². The molecular weight excluding hydrogens is 280 g/mol. The molecule has 1 aromatic rings. The Morgan fingerprint density at radius 2 is 2.05 bits per heavy atom. The number of carbonyl (C=O) groups excluding carboxylic acids is 1. The molecule has 1 amide bonds. The number of anilines is 1. The van der Waals surface area contributed by atoms with Gasteiger partial charge in [-0.05, 0) is 31.4 Å². The molecule has 1 aliphatic rings. The smallest absolute Gasteiger partial charge is 0.239 e. The number of aliphatic hydroxyl groups is 1. The summed E-state index contributed by atoms with van der Waals surface area (Å²) in [6.07, 6.45) is 2.53. The van der Waals surface area contributed by atoms with Crippen LogP contribution in [0.3, 0.4) is 0 Å². The first-order valence-electron chi connectivity index (χ1n) is 8.04. The molecule has 1 heterocycles. The molecule has 0 radical (unpaired) electrons. The Labute approximate surface area is 132 Å². The van der Waals surface area contributed by atoms with Crippen molar-refractivity contribution in [3.8, 4) is 0 Å². The summed E-state index contributed by atoms with van der Waals surface area (Å²) in [6, 6.07) is 9.94. The van der Waals surface area contributed by atoms with Crippen LogP contribution >= 0.6 is 0 Å². The number of hydrogen-bond acceptors (Lipinski definition) is 4. The minimum absolute atomic E-state index is 0.00246. The zero-order valence-corrected chi connectivity index (χ0v) is 13.2. The molecule has 1 fully saturated rings. The standard InChI is InChI=1S/C17H26N2O3/c1-2-15(13-20)19(16-6-4-3-5-7-16)12-17(21)18-14-8-10-22-11-9-14/h3-7,14-15,20H,2,8-13H2,1H3,(H,18,21). The highest BCUT2D eigenvalue weighted by molar-refractivity contribution is 5.81. The monoisotopic (exact) mass is 306 g/mol. The Balaban J connectivity index is 2.00. The first-order chi connectivity index (χ1) is 10.7. The summed E-state index contributed by atoms with van der Waals surface area (Å²) in [6.45, 7) is 3.74. The Bertz CT molecular complexity index is 442. The SMILES string of the molecule is CCC(CO)N(CC(=O)NC1CCOCC1)c1ccccc1. The molecule has 2 rings (SSSR count). The van der Waals surface area contributed by atoms with Gasteiger partial charge in [-0.3, -0.25) is 4.79 Å². The summed E-state index contributed by atoms with van der Waals surface area (Å²) < 4.78 is 5.31. The van der Waals surface area contributed by atoms with Crippen LogP contribution in [-0.2, 0) is 9.53 Å². The Morgan fingerprint density at radius 3 is 2.64 bits per heavy atom. The molecule has 122 valence electrons. The van der Waals surface area contributed by atoms with E-state index < -0.39 is 0 Å². The molecule has 0 aliphatic carbocycles. The maximum absolute atomic E-state index is 12.4. The van der Waals surface area contributed by atoms with Gasteiger partial charge >= 0.3 is 0 Å². The van der Waals surface area contributed by atoms with Crippen LogP contribution in [0.15, 0.2) is 30.3 Å². The summed E-state index contributed by atoms with van der Waals surface area (Å²) in [5.41, 5.74) is 0.963. The van der Waals surface area contributed by atoms with Crippen molar-refractivity contribution in [3.63, 3.8) is 0 Å². The molecule has 0 spiro atoms. The molecule has 0 bridgehead atoms. The van der Waals surface area contributed by atoms with Gasteiger partial charge < -0.3 is 20.1 Å². The molecule has 5 heteroatoms. The number of amides is 1. The van der Waals surface area contributed by atoms with E-state index in [4.69, 9.17) is 4.74 Å². The average Bonchev–Trinajstić information content (AvgIpc) is 2.56. The first-order valence-corrected chi connectivity index (χ1v) is 8.04. The molecule has 1 unspecified atom stereocenters. The van der Waals surface area contributed by atoms with Gasteiger partial charge in [-0.1, -0.05) is 25.1 Å². The van der Waals surface area contributed by atoms with E-state index >= 15 is 0 Å². The van der Waals surface area contributed by atoms with Crippen LogP contribution in [0.5, 0.6) is 0 Å². The van der Waals surface area contributed by atoms with Crippen LogP contribution in [0.1, 0.15) is 26.2 Å². The van der Waals surface area contributed by atoms with Crippen molar-refractivity contribution in [3.05, 3.63) is 30.3 Å². The number of para-hydroxylation sites is 1. The third-order valence-electron chi connectivity index (χ3n) is 4.11.